The van der Waals surface area contributed by atoms with Gasteiger partial charge in [-0.05, 0) is 56.3 Å². The van der Waals surface area contributed by atoms with Crippen LogP contribution in [0.4, 0.5) is 26.3 Å². The molecule has 13 heteroatoms. The van der Waals surface area contributed by atoms with Crippen LogP contribution in [0.1, 0.15) is 55.7 Å². The number of carbonyl (C=O) groups is 1. The molecule has 204 valence electrons. The lowest BCUT2D eigenvalue weighted by molar-refractivity contribution is -0.141. The zero-order valence-electron chi connectivity index (χ0n) is 20.1. The molecule has 0 aliphatic carbocycles. The second kappa shape index (κ2) is 9.64. The Balaban J connectivity index is 1.64. The third-order valence-corrected chi connectivity index (χ3v) is 10.1. The average molecular weight is 552 g/mol. The molecule has 2 aliphatic heterocycles. The summed E-state index contributed by atoms with van der Waals surface area (Å²) in [6.07, 6.45) is -9.11. The van der Waals surface area contributed by atoms with Crippen LogP contribution in [-0.2, 0) is 38.0 Å². The van der Waals surface area contributed by atoms with Crippen molar-refractivity contribution in [2.45, 2.75) is 67.3 Å². The number of benzene rings is 1. The van der Waals surface area contributed by atoms with Crippen LogP contribution >= 0.6 is 0 Å². The fourth-order valence-corrected chi connectivity index (χ4v) is 6.80. The van der Waals surface area contributed by atoms with Crippen LogP contribution in [0.5, 0.6) is 0 Å². The van der Waals surface area contributed by atoms with E-state index in [1.54, 1.807) is 11.8 Å². The summed E-state index contributed by atoms with van der Waals surface area (Å²) in [6, 6.07) is 5.03. The Morgan fingerprint density at radius 1 is 1.16 bits per heavy atom. The highest BCUT2D eigenvalue weighted by Crippen LogP contribution is 2.43. The molecule has 3 unspecified atom stereocenters. The lowest BCUT2D eigenvalue weighted by Crippen LogP contribution is -2.42. The number of rotatable bonds is 6. The first-order valence-electron chi connectivity index (χ1n) is 11.7. The van der Waals surface area contributed by atoms with Crippen molar-refractivity contribution in [3.05, 3.63) is 47.3 Å². The first kappa shape index (κ1) is 27.5. The van der Waals surface area contributed by atoms with Crippen LogP contribution in [-0.4, -0.2) is 55.1 Å². The summed E-state index contributed by atoms with van der Waals surface area (Å²) in [4.78, 5) is 13.4. The van der Waals surface area contributed by atoms with Crippen molar-refractivity contribution in [3.8, 4) is 0 Å². The fourth-order valence-electron chi connectivity index (χ4n) is 4.79. The van der Waals surface area contributed by atoms with Gasteiger partial charge in [-0.1, -0.05) is 6.07 Å². The van der Waals surface area contributed by atoms with Gasteiger partial charge in [0.15, 0.2) is 5.69 Å². The molecule has 0 bridgehead atoms. The first-order valence-corrected chi connectivity index (χ1v) is 13.4. The molecule has 2 aliphatic rings. The third-order valence-electron chi connectivity index (χ3n) is 7.09. The smallest absolute Gasteiger partial charge is 0.372 e. The normalized spacial score (nSPS) is 24.9. The van der Waals surface area contributed by atoms with Crippen LogP contribution in [0, 0.1) is 0 Å². The fraction of sp³-hybridized carbons (Fsp3) is 0.542. The third kappa shape index (κ3) is 5.52. The maximum absolute atomic E-state index is 13.9. The Morgan fingerprint density at radius 3 is 2.51 bits per heavy atom. The highest BCUT2D eigenvalue weighted by atomic mass is 32.2. The van der Waals surface area contributed by atoms with Gasteiger partial charge in [0, 0.05) is 45.3 Å². The zero-order valence-corrected chi connectivity index (χ0v) is 20.9. The van der Waals surface area contributed by atoms with Crippen molar-refractivity contribution < 1.29 is 40.1 Å². The standard InChI is InChI=1S/C24H27F6N3O3S/c1-22(37(2,35)17-6-3-5-16(13-17)23(25,26)27)8-12-36-19(15-22)18-14-20(24(28,29)30)31-33(18)11-10-32-9-4-7-21(32)34/h3,5-6,13-14,19H,2,4,7-12,15H2,1H3. The number of halogens is 6. The zero-order chi connectivity index (χ0) is 27.2. The van der Waals surface area contributed by atoms with Crippen LogP contribution in [0.25, 0.3) is 0 Å². The van der Waals surface area contributed by atoms with Crippen molar-refractivity contribution >= 4 is 21.3 Å². The summed E-state index contributed by atoms with van der Waals surface area (Å²) < 4.78 is 100. The van der Waals surface area contributed by atoms with Crippen molar-refractivity contribution in [2.24, 2.45) is 0 Å². The number of nitrogens with zero attached hydrogens (tertiary/aromatic N) is 3. The van der Waals surface area contributed by atoms with Gasteiger partial charge in [-0.15, -0.1) is 0 Å². The quantitative estimate of drug-likeness (QED) is 0.378. The average Bonchev–Trinajstić information content (AvgIpc) is 3.43. The van der Waals surface area contributed by atoms with E-state index in [2.05, 4.69) is 11.0 Å². The van der Waals surface area contributed by atoms with Crippen LogP contribution in [0.3, 0.4) is 0 Å². The van der Waals surface area contributed by atoms with Crippen molar-refractivity contribution in [1.29, 1.82) is 0 Å². The molecule has 0 saturated carbocycles. The van der Waals surface area contributed by atoms with Crippen molar-refractivity contribution in [3.63, 3.8) is 0 Å². The van der Waals surface area contributed by atoms with Gasteiger partial charge in [-0.25, -0.2) is 0 Å². The maximum atomic E-state index is 13.9. The second-order valence-corrected chi connectivity index (χ2v) is 12.4. The van der Waals surface area contributed by atoms with E-state index in [4.69, 9.17) is 4.74 Å². The molecule has 3 heterocycles. The monoisotopic (exact) mass is 551 g/mol. The predicted octanol–water partition coefficient (Wildman–Crippen LogP) is 4.93. The number of hydrogen-bond acceptors (Lipinski definition) is 4. The van der Waals surface area contributed by atoms with Gasteiger partial charge in [0.25, 0.3) is 0 Å². The molecule has 0 spiro atoms. The number of likely N-dealkylation sites (tertiary alicyclic amines) is 1. The molecule has 1 amide bonds. The van der Waals surface area contributed by atoms with Gasteiger partial charge >= 0.3 is 12.4 Å². The molecule has 1 aromatic carbocycles. The molecule has 2 aromatic rings. The highest BCUT2D eigenvalue weighted by Gasteiger charge is 2.44. The van der Waals surface area contributed by atoms with E-state index in [9.17, 15) is 35.3 Å². The first-order chi connectivity index (χ1) is 17.1. The van der Waals surface area contributed by atoms with E-state index in [0.29, 0.717) is 19.4 Å². The van der Waals surface area contributed by atoms with Crippen molar-refractivity contribution in [2.75, 3.05) is 19.7 Å². The van der Waals surface area contributed by atoms with E-state index in [0.717, 1.165) is 28.9 Å². The van der Waals surface area contributed by atoms with E-state index in [-0.39, 0.29) is 49.0 Å². The Kier molecular flexibility index (Phi) is 7.17. The minimum absolute atomic E-state index is 0.00110. The summed E-state index contributed by atoms with van der Waals surface area (Å²) in [5.41, 5.74) is -1.98. The predicted molar refractivity (Wildman–Crippen MR) is 124 cm³/mol. The van der Waals surface area contributed by atoms with E-state index >= 15 is 0 Å². The van der Waals surface area contributed by atoms with Gasteiger partial charge in [-0.3, -0.25) is 13.7 Å². The number of carbonyl (C=O) groups excluding carboxylic acids is 1. The minimum atomic E-state index is -4.72. The topological polar surface area (TPSA) is 64.4 Å². The van der Waals surface area contributed by atoms with E-state index < -0.39 is 44.0 Å². The number of aromatic nitrogens is 2. The lowest BCUT2D eigenvalue weighted by Gasteiger charge is -2.40. The number of amides is 1. The Labute approximate surface area is 210 Å². The Bertz CT molecular complexity index is 1270. The molecule has 6 nitrogen and oxygen atoms in total. The maximum Gasteiger partial charge on any atom is 0.435 e. The molecule has 2 saturated heterocycles. The Morgan fingerprint density at radius 2 is 1.89 bits per heavy atom. The molecule has 2 fully saturated rings. The van der Waals surface area contributed by atoms with Crippen LogP contribution in [0.2, 0.25) is 0 Å². The second-order valence-electron chi connectivity index (χ2n) is 9.62. The summed E-state index contributed by atoms with van der Waals surface area (Å²) in [5, 5.41) is 3.71. The molecule has 0 N–H and O–H groups in total. The van der Waals surface area contributed by atoms with Crippen LogP contribution < -0.4 is 0 Å². The molecular formula is C24H27F6N3O3S. The summed E-state index contributed by atoms with van der Waals surface area (Å²) in [5.74, 6) is 3.73. The van der Waals surface area contributed by atoms with Gasteiger partial charge in [0.1, 0.15) is 6.10 Å². The van der Waals surface area contributed by atoms with Crippen molar-refractivity contribution in [1.82, 2.24) is 14.7 Å². The molecule has 1 aromatic heterocycles. The molecule has 3 atom stereocenters. The SMILES string of the molecule is C=S(=O)(c1cccc(C(F)(F)F)c1)C1(C)CCOC(c2cc(C(F)(F)F)nn2CCN2CCCC2=O)C1. The Hall–Kier alpha value is -2.54. The van der Waals surface area contributed by atoms with Crippen LogP contribution in [0.15, 0.2) is 35.2 Å². The minimum Gasteiger partial charge on any atom is -0.372 e. The van der Waals surface area contributed by atoms with Gasteiger partial charge in [-0.2, -0.15) is 31.4 Å². The number of ether oxygens (including phenoxy) is 1. The number of hydrogen-bond donors (Lipinski definition) is 0. The summed E-state index contributed by atoms with van der Waals surface area (Å²) in [6.45, 7) is 2.31. The molecule has 0 radical (unpaired) electrons. The van der Waals surface area contributed by atoms with Gasteiger partial charge in [0.05, 0.1) is 17.8 Å². The largest absolute Gasteiger partial charge is 0.435 e. The molecule has 4 rings (SSSR count). The highest BCUT2D eigenvalue weighted by molar-refractivity contribution is 8.01. The summed E-state index contributed by atoms with van der Waals surface area (Å²) in [7, 11) is -3.34. The molecule has 37 heavy (non-hydrogen) atoms. The van der Waals surface area contributed by atoms with Gasteiger partial charge < -0.3 is 9.64 Å². The molecular weight excluding hydrogens is 524 g/mol. The van der Waals surface area contributed by atoms with E-state index in [1.807, 2.05) is 0 Å². The van der Waals surface area contributed by atoms with E-state index in [1.165, 1.54) is 6.07 Å². The summed E-state index contributed by atoms with van der Waals surface area (Å²) >= 11 is 0. The lowest BCUT2D eigenvalue weighted by atomic mass is 9.94. The number of alkyl halides is 6. The van der Waals surface area contributed by atoms with Gasteiger partial charge in [0.2, 0.25) is 5.91 Å².